The Morgan fingerprint density at radius 3 is 2.27 bits per heavy atom. The summed E-state index contributed by atoms with van der Waals surface area (Å²) in [5, 5.41) is 52.7. The number of hydrogen-bond acceptors (Lipinski definition) is 18. The Balaban J connectivity index is 1.78. The van der Waals surface area contributed by atoms with Gasteiger partial charge in [0, 0.05) is 26.1 Å². The van der Waals surface area contributed by atoms with E-state index in [1.165, 1.54) is 0 Å². The molecule has 0 saturated carbocycles. The van der Waals surface area contributed by atoms with E-state index in [4.69, 9.17) is 23.0 Å². The van der Waals surface area contributed by atoms with Crippen LogP contribution in [0.25, 0.3) is 0 Å². The first-order valence-corrected chi connectivity index (χ1v) is 15.4. The predicted molar refractivity (Wildman–Crippen MR) is 136 cm³/mol. The first-order chi connectivity index (χ1) is 20.5. The van der Waals surface area contributed by atoms with Gasteiger partial charge in [-0.15, -0.1) is 0 Å². The number of hydrogen-bond donors (Lipinski definition) is 8. The van der Waals surface area contributed by atoms with Gasteiger partial charge in [-0.3, -0.25) is 33.0 Å². The molecule has 44 heavy (non-hydrogen) atoms. The fraction of sp³-hybridized carbons (Fsp3) is 0.700. The molecule has 0 bridgehead atoms. The van der Waals surface area contributed by atoms with Gasteiger partial charge in [0.15, 0.2) is 12.5 Å². The SMILES string of the molecule is CC(=O)N[C@H]1[C@@H](OP(=O)(O)OP(=O)(OCOC(C)=O)OC[C@@H]2O[C@H](n3ccc(=O)[nH]c3=O)[C@@H](O)[C@H]2O)O[C@H](CO)[C@@H](O)[C@@H]1O. The molecule has 0 aromatic carbocycles. The molecule has 3 rings (SSSR count). The van der Waals surface area contributed by atoms with Gasteiger partial charge in [-0.2, -0.15) is 4.31 Å². The van der Waals surface area contributed by atoms with Gasteiger partial charge in [-0.25, -0.2) is 18.4 Å². The Labute approximate surface area is 246 Å². The number of nitrogens with one attached hydrogen (secondary N) is 2. The lowest BCUT2D eigenvalue weighted by Gasteiger charge is -2.42. The summed E-state index contributed by atoms with van der Waals surface area (Å²) in [6.07, 6.45) is -13.3. The van der Waals surface area contributed by atoms with Crippen molar-refractivity contribution in [1.82, 2.24) is 14.9 Å². The van der Waals surface area contributed by atoms with Gasteiger partial charge >= 0.3 is 27.3 Å². The highest BCUT2D eigenvalue weighted by atomic mass is 31.3. The Bertz CT molecular complexity index is 1390. The summed E-state index contributed by atoms with van der Waals surface area (Å²) in [7, 11) is -11.1. The molecule has 2 unspecified atom stereocenters. The minimum Gasteiger partial charge on any atom is -0.438 e. The molecule has 2 aliphatic rings. The molecule has 24 heteroatoms. The van der Waals surface area contributed by atoms with Crippen LogP contribution in [0.4, 0.5) is 0 Å². The molecular formula is C20H31N3O19P2. The summed E-state index contributed by atoms with van der Waals surface area (Å²) in [5.74, 6) is -1.77. The van der Waals surface area contributed by atoms with E-state index in [0.717, 1.165) is 30.7 Å². The van der Waals surface area contributed by atoms with Gasteiger partial charge in [0.2, 0.25) is 12.7 Å². The first-order valence-electron chi connectivity index (χ1n) is 12.4. The number of phosphoric ester groups is 2. The Morgan fingerprint density at radius 1 is 1.02 bits per heavy atom. The number of phosphoric acid groups is 2. The van der Waals surface area contributed by atoms with Crippen LogP contribution in [-0.4, -0.2) is 121 Å². The van der Waals surface area contributed by atoms with E-state index in [1.807, 2.05) is 4.98 Å². The van der Waals surface area contributed by atoms with Gasteiger partial charge in [0.1, 0.15) is 42.7 Å². The zero-order chi connectivity index (χ0) is 33.0. The molecule has 1 aromatic heterocycles. The maximum absolute atomic E-state index is 13.3. The van der Waals surface area contributed by atoms with Crippen molar-refractivity contribution >= 4 is 27.5 Å². The summed E-state index contributed by atoms with van der Waals surface area (Å²) in [4.78, 5) is 58.4. The van der Waals surface area contributed by atoms with Crippen LogP contribution >= 0.6 is 15.6 Å². The maximum atomic E-state index is 13.3. The van der Waals surface area contributed by atoms with Gasteiger partial charge in [0.05, 0.1) is 13.2 Å². The largest absolute Gasteiger partial charge is 0.486 e. The lowest BCUT2D eigenvalue weighted by atomic mass is 9.97. The second-order valence-electron chi connectivity index (χ2n) is 9.28. The number of aromatic amines is 1. The number of aromatic nitrogens is 2. The molecule has 2 aliphatic heterocycles. The van der Waals surface area contributed by atoms with E-state index in [9.17, 15) is 58.7 Å². The fourth-order valence-electron chi connectivity index (χ4n) is 3.98. The molecular weight excluding hydrogens is 648 g/mol. The Kier molecular flexibility index (Phi) is 12.1. The number of H-pyrrole nitrogens is 1. The van der Waals surface area contributed by atoms with Crippen molar-refractivity contribution < 1.29 is 81.2 Å². The van der Waals surface area contributed by atoms with Gasteiger partial charge < -0.3 is 50.0 Å². The van der Waals surface area contributed by atoms with Crippen molar-refractivity contribution in [2.24, 2.45) is 0 Å². The monoisotopic (exact) mass is 679 g/mol. The smallest absolute Gasteiger partial charge is 0.438 e. The minimum atomic E-state index is -5.71. The van der Waals surface area contributed by atoms with Crippen LogP contribution < -0.4 is 16.6 Å². The van der Waals surface area contributed by atoms with Crippen LogP contribution in [-0.2, 0) is 50.8 Å². The van der Waals surface area contributed by atoms with Gasteiger partial charge in [-0.1, -0.05) is 0 Å². The average Bonchev–Trinajstić information content (AvgIpc) is 3.19. The number of aliphatic hydroxyl groups is 5. The number of carbonyl (C=O) groups excluding carboxylic acids is 2. The van der Waals surface area contributed by atoms with Crippen molar-refractivity contribution in [3.63, 3.8) is 0 Å². The number of amides is 1. The van der Waals surface area contributed by atoms with Gasteiger partial charge in [0.25, 0.3) is 5.56 Å². The van der Waals surface area contributed by atoms with Crippen molar-refractivity contribution in [2.75, 3.05) is 20.0 Å². The molecule has 0 spiro atoms. The number of nitrogens with zero attached hydrogens (tertiary/aromatic N) is 1. The quantitative estimate of drug-likeness (QED) is 0.0558. The topological polar surface area (TPSA) is 321 Å². The maximum Gasteiger partial charge on any atom is 0.486 e. The van der Waals surface area contributed by atoms with Crippen molar-refractivity contribution in [3.8, 4) is 0 Å². The lowest BCUT2D eigenvalue weighted by Crippen LogP contribution is -2.64. The molecule has 3 heterocycles. The summed E-state index contributed by atoms with van der Waals surface area (Å²) in [6, 6.07) is -0.805. The molecule has 1 aromatic rings. The van der Waals surface area contributed by atoms with Crippen LogP contribution in [0.2, 0.25) is 0 Å². The van der Waals surface area contributed by atoms with Crippen molar-refractivity contribution in [3.05, 3.63) is 33.1 Å². The number of rotatable bonds is 13. The van der Waals surface area contributed by atoms with Crippen LogP contribution in [0.5, 0.6) is 0 Å². The lowest BCUT2D eigenvalue weighted by molar-refractivity contribution is -0.247. The zero-order valence-electron chi connectivity index (χ0n) is 22.8. The number of carbonyl (C=O) groups is 2. The van der Waals surface area contributed by atoms with Crippen molar-refractivity contribution in [1.29, 1.82) is 0 Å². The van der Waals surface area contributed by atoms with Crippen LogP contribution in [0.1, 0.15) is 20.1 Å². The van der Waals surface area contributed by atoms with Crippen molar-refractivity contribution in [2.45, 2.75) is 69.0 Å². The Hall–Kier alpha value is -2.40. The molecule has 11 atom stereocenters. The highest BCUT2D eigenvalue weighted by molar-refractivity contribution is 7.61. The highest BCUT2D eigenvalue weighted by Crippen LogP contribution is 2.64. The standard InChI is InChI=1S/C20H31N3O19P2/c1-8(25)21-13-16(30)14(28)10(5-24)40-19(13)41-43(33,34)42-44(35,38-7-36-9(2)26)37-6-11-15(29)17(31)18(39-11)23-4-3-12(27)22-20(23)32/h3-4,10-11,13-19,24,28-31H,5-7H2,1-2H3,(H,21,25)(H,33,34)(H,22,27,32)/t10-,11+,13-,14-,15+,16-,17+,18+,19-,44?/m1/s1. The molecule has 250 valence electrons. The fourth-order valence-corrected chi connectivity index (χ4v) is 6.56. The van der Waals surface area contributed by atoms with Crippen LogP contribution in [0.15, 0.2) is 21.9 Å². The van der Waals surface area contributed by atoms with E-state index < -0.39 is 114 Å². The molecule has 2 fully saturated rings. The third-order valence-electron chi connectivity index (χ3n) is 6.02. The van der Waals surface area contributed by atoms with Crippen LogP contribution in [0.3, 0.4) is 0 Å². The minimum absolute atomic E-state index is 0.721. The zero-order valence-corrected chi connectivity index (χ0v) is 24.6. The third-order valence-corrected chi connectivity index (χ3v) is 9.01. The first kappa shape index (κ1) is 36.1. The molecule has 8 N–H and O–H groups in total. The number of ether oxygens (including phenoxy) is 3. The molecule has 0 radical (unpaired) electrons. The number of esters is 1. The average molecular weight is 679 g/mol. The highest BCUT2D eigenvalue weighted by Gasteiger charge is 2.51. The van der Waals surface area contributed by atoms with E-state index in [2.05, 4.69) is 14.4 Å². The summed E-state index contributed by atoms with van der Waals surface area (Å²) >= 11 is 0. The third kappa shape index (κ3) is 9.08. The summed E-state index contributed by atoms with van der Waals surface area (Å²) in [6.45, 7) is -1.21. The Morgan fingerprint density at radius 2 is 1.68 bits per heavy atom. The summed E-state index contributed by atoms with van der Waals surface area (Å²) < 4.78 is 61.0. The van der Waals surface area contributed by atoms with Gasteiger partial charge in [-0.05, 0) is 0 Å². The molecule has 1 amide bonds. The molecule has 22 nitrogen and oxygen atoms in total. The summed E-state index contributed by atoms with van der Waals surface area (Å²) in [5.41, 5.74) is -1.78. The number of aliphatic hydroxyl groups excluding tert-OH is 5. The van der Waals surface area contributed by atoms with E-state index in [0.29, 0.717) is 0 Å². The van der Waals surface area contributed by atoms with E-state index >= 15 is 0 Å². The van der Waals surface area contributed by atoms with Crippen LogP contribution in [0, 0.1) is 0 Å². The predicted octanol–water partition coefficient (Wildman–Crippen LogP) is -4.10. The second-order valence-corrected chi connectivity index (χ2v) is 12.5. The second kappa shape index (κ2) is 14.8. The van der Waals surface area contributed by atoms with E-state index in [-0.39, 0.29) is 0 Å². The normalized spacial score (nSPS) is 33.2. The molecule has 2 saturated heterocycles. The molecule has 0 aliphatic carbocycles. The van der Waals surface area contributed by atoms with E-state index in [1.54, 1.807) is 0 Å².